The number of rotatable bonds is 4. The maximum absolute atomic E-state index is 13.5. The number of hydrogen-bond donors (Lipinski definition) is 3. The largest absolute Gasteiger partial charge is 0.354 e. The maximum atomic E-state index is 13.5. The number of H-pyrrole nitrogens is 1. The van der Waals surface area contributed by atoms with Crippen LogP contribution in [0, 0.1) is 11.6 Å². The second-order valence-electron chi connectivity index (χ2n) is 5.76. The molecule has 2 aromatic rings. The molecular formula is C23H33F3N4O2. The van der Waals surface area contributed by atoms with Gasteiger partial charge in [0.1, 0.15) is 22.9 Å². The number of carbonyl (C=O) groups is 2. The zero-order valence-corrected chi connectivity index (χ0v) is 19.6. The molecule has 178 valence electrons. The molecule has 0 radical (unpaired) electrons. The van der Waals surface area contributed by atoms with Crippen molar-refractivity contribution in [3.63, 3.8) is 0 Å². The van der Waals surface area contributed by atoms with Crippen LogP contribution in [0.1, 0.15) is 68.8 Å². The van der Waals surface area contributed by atoms with Gasteiger partial charge in [0.05, 0.1) is 18.2 Å². The lowest BCUT2D eigenvalue weighted by molar-refractivity contribution is 0.0959. The van der Waals surface area contributed by atoms with Gasteiger partial charge in [-0.3, -0.25) is 14.7 Å². The molecule has 9 heteroatoms. The number of aromatic amines is 1. The van der Waals surface area contributed by atoms with Crippen molar-refractivity contribution in [2.75, 3.05) is 12.4 Å². The molecule has 3 N–H and O–H groups in total. The highest BCUT2D eigenvalue weighted by molar-refractivity contribution is 6.08. The van der Waals surface area contributed by atoms with E-state index in [2.05, 4.69) is 20.8 Å². The van der Waals surface area contributed by atoms with E-state index in [0.717, 1.165) is 30.2 Å². The lowest BCUT2D eigenvalue weighted by Crippen LogP contribution is -2.22. The van der Waals surface area contributed by atoms with Crippen LogP contribution >= 0.6 is 0 Å². The van der Waals surface area contributed by atoms with Gasteiger partial charge in [-0.2, -0.15) is 5.10 Å². The van der Waals surface area contributed by atoms with Crippen LogP contribution in [-0.4, -0.2) is 29.1 Å². The molecule has 32 heavy (non-hydrogen) atoms. The molecule has 0 aliphatic heterocycles. The molecule has 0 bridgehead atoms. The topological polar surface area (TPSA) is 86.9 Å². The Morgan fingerprint density at radius 3 is 2.00 bits per heavy atom. The summed E-state index contributed by atoms with van der Waals surface area (Å²) in [6.07, 6.45) is 6.62. The average Bonchev–Trinajstić information content (AvgIpc) is 3.27. The fourth-order valence-electron chi connectivity index (χ4n) is 1.66. The number of amides is 2. The van der Waals surface area contributed by atoms with Crippen LogP contribution in [0.5, 0.6) is 0 Å². The van der Waals surface area contributed by atoms with Crippen LogP contribution in [0.4, 0.5) is 18.9 Å². The standard InChI is InChI=1S/C12H10F2N4O2.C5H9F.C4H8.C2H6/c1-15-12(20)10-8(5-16-18-10)17-11(19)9-6(13)3-2-4-7(9)14;1-3-5(2)4-6;1-3-4-2;1-2/h2-5H,1H3,(H,15,20)(H,16,18)(H,17,19);4H,3H2,1-2H3;3-4H,1-2H3;1-2H3/b;5-4+;4-3-;. The predicted octanol–water partition coefficient (Wildman–Crippen LogP) is 6.18. The predicted molar refractivity (Wildman–Crippen MR) is 123 cm³/mol. The zero-order valence-electron chi connectivity index (χ0n) is 19.6. The van der Waals surface area contributed by atoms with Gasteiger partial charge in [-0.15, -0.1) is 0 Å². The number of halogens is 3. The van der Waals surface area contributed by atoms with E-state index in [-0.39, 0.29) is 11.4 Å². The number of nitrogens with zero attached hydrogens (tertiary/aromatic N) is 1. The quantitative estimate of drug-likeness (QED) is 0.482. The summed E-state index contributed by atoms with van der Waals surface area (Å²) in [7, 11) is 1.39. The number of carbonyl (C=O) groups excluding carboxylic acids is 2. The minimum Gasteiger partial charge on any atom is -0.354 e. The van der Waals surface area contributed by atoms with E-state index in [1.165, 1.54) is 13.2 Å². The van der Waals surface area contributed by atoms with E-state index in [4.69, 9.17) is 0 Å². The minimum atomic E-state index is -1.01. The highest BCUT2D eigenvalue weighted by Gasteiger charge is 2.20. The Labute approximate surface area is 188 Å². The Hall–Kier alpha value is -3.36. The minimum absolute atomic E-state index is 0.0161. The van der Waals surface area contributed by atoms with Gasteiger partial charge >= 0.3 is 0 Å². The van der Waals surface area contributed by atoms with Gasteiger partial charge < -0.3 is 10.6 Å². The molecule has 0 spiro atoms. The van der Waals surface area contributed by atoms with Crippen molar-refractivity contribution in [2.45, 2.75) is 48.0 Å². The van der Waals surface area contributed by atoms with Crippen LogP contribution in [-0.2, 0) is 0 Å². The Kier molecular flexibility index (Phi) is 17.7. The molecule has 0 aliphatic carbocycles. The van der Waals surface area contributed by atoms with Crippen LogP contribution in [0.15, 0.2) is 48.5 Å². The number of aromatic nitrogens is 2. The Balaban J connectivity index is 0. The number of nitrogens with one attached hydrogen (secondary N) is 3. The van der Waals surface area contributed by atoms with Gasteiger partial charge in [-0.1, -0.05) is 39.0 Å². The molecule has 0 saturated carbocycles. The molecule has 2 amide bonds. The van der Waals surface area contributed by atoms with Crippen molar-refractivity contribution in [1.29, 1.82) is 0 Å². The van der Waals surface area contributed by atoms with Crippen molar-refractivity contribution in [3.05, 3.63) is 71.3 Å². The van der Waals surface area contributed by atoms with Crippen LogP contribution in [0.25, 0.3) is 0 Å². The smallest absolute Gasteiger partial charge is 0.271 e. The molecule has 1 aromatic heterocycles. The first kappa shape index (κ1) is 30.8. The highest BCUT2D eigenvalue weighted by atomic mass is 19.1. The van der Waals surface area contributed by atoms with Gasteiger partial charge in [0, 0.05) is 7.05 Å². The Bertz CT molecular complexity index is 854. The molecule has 0 atom stereocenters. The lowest BCUT2D eigenvalue weighted by Gasteiger charge is -2.06. The zero-order chi connectivity index (χ0) is 25.1. The number of anilines is 1. The summed E-state index contributed by atoms with van der Waals surface area (Å²) in [6.45, 7) is 11.7. The summed E-state index contributed by atoms with van der Waals surface area (Å²) >= 11 is 0. The van der Waals surface area contributed by atoms with Crippen molar-refractivity contribution >= 4 is 17.5 Å². The van der Waals surface area contributed by atoms with Gasteiger partial charge in [-0.25, -0.2) is 13.2 Å². The van der Waals surface area contributed by atoms with Gasteiger partial charge in [-0.05, 0) is 44.9 Å². The summed E-state index contributed by atoms with van der Waals surface area (Å²) in [5, 5.41) is 10.5. The molecule has 1 aromatic carbocycles. The number of allylic oxidation sites excluding steroid dienone is 3. The van der Waals surface area contributed by atoms with Crippen LogP contribution in [0.2, 0.25) is 0 Å². The molecule has 0 unspecified atom stereocenters. The fraction of sp³-hybridized carbons (Fsp3) is 0.348. The second-order valence-corrected chi connectivity index (χ2v) is 5.76. The third kappa shape index (κ3) is 11.1. The summed E-state index contributed by atoms with van der Waals surface area (Å²) < 4.78 is 38.1. The second kappa shape index (κ2) is 18.4. The summed E-state index contributed by atoms with van der Waals surface area (Å²) in [5.41, 5.74) is 0.0844. The normalized spacial score (nSPS) is 10.0. The molecule has 0 fully saturated rings. The number of benzene rings is 1. The van der Waals surface area contributed by atoms with E-state index in [1.807, 2.05) is 46.8 Å². The Morgan fingerprint density at radius 1 is 1.09 bits per heavy atom. The molecular weight excluding hydrogens is 421 g/mol. The van der Waals surface area contributed by atoms with Gasteiger partial charge in [0.25, 0.3) is 11.8 Å². The monoisotopic (exact) mass is 454 g/mol. The molecule has 0 aliphatic rings. The first-order valence-corrected chi connectivity index (χ1v) is 10.1. The summed E-state index contributed by atoms with van der Waals surface area (Å²) in [6, 6.07) is 3.08. The van der Waals surface area contributed by atoms with E-state index < -0.39 is 29.0 Å². The van der Waals surface area contributed by atoms with Gasteiger partial charge in [0.2, 0.25) is 0 Å². The SMILES string of the molecule is C/C=C\C.CC.CC/C(C)=C/F.CNC(=O)c1[nH]ncc1NC(=O)c1c(F)cccc1F. The highest BCUT2D eigenvalue weighted by Crippen LogP contribution is 2.17. The van der Waals surface area contributed by atoms with Crippen LogP contribution < -0.4 is 10.6 Å². The first-order valence-electron chi connectivity index (χ1n) is 10.1. The average molecular weight is 455 g/mol. The van der Waals surface area contributed by atoms with E-state index in [1.54, 1.807) is 6.92 Å². The van der Waals surface area contributed by atoms with Crippen LogP contribution in [0.3, 0.4) is 0 Å². The number of hydrogen-bond acceptors (Lipinski definition) is 3. The van der Waals surface area contributed by atoms with E-state index in [9.17, 15) is 22.8 Å². The Morgan fingerprint density at radius 2 is 1.62 bits per heavy atom. The van der Waals surface area contributed by atoms with E-state index in [0.29, 0.717) is 6.33 Å². The first-order chi connectivity index (χ1) is 15.3. The van der Waals surface area contributed by atoms with Gasteiger partial charge in [0.15, 0.2) is 0 Å². The molecule has 1 heterocycles. The third-order valence-corrected chi connectivity index (χ3v) is 3.61. The maximum Gasteiger partial charge on any atom is 0.271 e. The van der Waals surface area contributed by atoms with E-state index >= 15 is 0 Å². The lowest BCUT2D eigenvalue weighted by atomic mass is 10.2. The van der Waals surface area contributed by atoms with Crippen molar-refractivity contribution in [2.24, 2.45) is 0 Å². The fourth-order valence-corrected chi connectivity index (χ4v) is 1.66. The van der Waals surface area contributed by atoms with Crippen molar-refractivity contribution in [3.8, 4) is 0 Å². The van der Waals surface area contributed by atoms with Crippen molar-refractivity contribution in [1.82, 2.24) is 15.5 Å². The molecule has 0 saturated heterocycles. The molecule has 6 nitrogen and oxygen atoms in total. The molecule has 2 rings (SSSR count). The summed E-state index contributed by atoms with van der Waals surface area (Å²) in [5.74, 6) is -3.51. The van der Waals surface area contributed by atoms with Crippen molar-refractivity contribution < 1.29 is 22.8 Å². The summed E-state index contributed by atoms with van der Waals surface area (Å²) in [4.78, 5) is 23.3. The third-order valence-electron chi connectivity index (χ3n) is 3.61.